The molecular weight excluding hydrogens is 402 g/mol. The number of carbonyl (C=O) groups excluding carboxylic acids is 1. The van der Waals surface area contributed by atoms with Gasteiger partial charge in [-0.3, -0.25) is 4.79 Å². The third-order valence-electron chi connectivity index (χ3n) is 5.94. The van der Waals surface area contributed by atoms with Crippen LogP contribution in [0.1, 0.15) is 53.5 Å². The lowest BCUT2D eigenvalue weighted by Gasteiger charge is -2.36. The fraction of sp³-hybridized carbons (Fsp3) is 0.292. The summed E-state index contributed by atoms with van der Waals surface area (Å²) in [7, 11) is 0. The van der Waals surface area contributed by atoms with E-state index in [0.717, 1.165) is 35.3 Å². The van der Waals surface area contributed by atoms with Gasteiger partial charge < -0.3 is 5.32 Å². The van der Waals surface area contributed by atoms with Crippen molar-refractivity contribution in [2.24, 2.45) is 5.41 Å². The Morgan fingerprint density at radius 3 is 2.62 bits per heavy atom. The number of benzene rings is 2. The molecule has 2 heterocycles. The lowest BCUT2D eigenvalue weighted by atomic mass is 9.74. The van der Waals surface area contributed by atoms with E-state index in [1.165, 1.54) is 0 Å². The topological polar surface area (TPSA) is 90.5 Å². The molecule has 0 fully saturated rings. The van der Waals surface area contributed by atoms with Gasteiger partial charge in [0.2, 0.25) is 0 Å². The van der Waals surface area contributed by atoms with Crippen LogP contribution in [0, 0.1) is 5.41 Å². The number of nitrogens with one attached hydrogen (secondary N) is 1. The largest absolute Gasteiger partial charge is 0.345 e. The maximum absolute atomic E-state index is 13.1. The molecule has 2 aromatic carbocycles. The molecular formula is C24H25N7O. The number of nitrogens with zero attached hydrogens (tertiary/aromatic N) is 6. The molecule has 1 atom stereocenters. The first-order valence-corrected chi connectivity index (χ1v) is 10.7. The van der Waals surface area contributed by atoms with Crippen LogP contribution in [0.3, 0.4) is 0 Å². The number of hydrogen-bond acceptors (Lipinski definition) is 5. The lowest BCUT2D eigenvalue weighted by Crippen LogP contribution is -2.36. The van der Waals surface area contributed by atoms with Gasteiger partial charge in [-0.05, 0) is 58.5 Å². The van der Waals surface area contributed by atoms with E-state index in [4.69, 9.17) is 0 Å². The Kier molecular flexibility index (Phi) is 5.05. The quantitative estimate of drug-likeness (QED) is 0.527. The van der Waals surface area contributed by atoms with Crippen molar-refractivity contribution in [3.05, 3.63) is 89.5 Å². The predicted molar refractivity (Wildman–Crippen MR) is 119 cm³/mol. The Balaban J connectivity index is 1.36. The third-order valence-corrected chi connectivity index (χ3v) is 5.94. The van der Waals surface area contributed by atoms with E-state index in [2.05, 4.69) is 51.9 Å². The molecule has 1 aliphatic rings. The Bertz CT molecular complexity index is 1210. The molecule has 0 aliphatic heterocycles. The number of carbonyl (C=O) groups is 1. The maximum atomic E-state index is 13.1. The molecule has 162 valence electrons. The SMILES string of the molecule is CC1(C)Cc2c(cnn2-c2ccccc2)[C@@H](NC(=O)c2ccc(Cn3cnnn3)cc2)C1. The van der Waals surface area contributed by atoms with Crippen LogP contribution in [0.25, 0.3) is 5.69 Å². The van der Waals surface area contributed by atoms with Crippen LogP contribution in [-0.2, 0) is 13.0 Å². The first kappa shape index (κ1) is 20.1. The van der Waals surface area contributed by atoms with Crippen molar-refractivity contribution in [3.63, 3.8) is 0 Å². The van der Waals surface area contributed by atoms with Gasteiger partial charge in [0, 0.05) is 11.1 Å². The normalized spacial score (nSPS) is 17.0. The van der Waals surface area contributed by atoms with E-state index >= 15 is 0 Å². The van der Waals surface area contributed by atoms with Gasteiger partial charge in [0.25, 0.3) is 5.91 Å². The van der Waals surface area contributed by atoms with Gasteiger partial charge in [-0.2, -0.15) is 5.10 Å². The Hall–Kier alpha value is -3.81. The minimum Gasteiger partial charge on any atom is -0.345 e. The second kappa shape index (κ2) is 8.03. The van der Waals surface area contributed by atoms with Crippen LogP contribution in [0.15, 0.2) is 67.1 Å². The predicted octanol–water partition coefficient (Wildman–Crippen LogP) is 3.35. The standard InChI is InChI=1S/C24H25N7O/c1-24(2)12-21(20-14-26-31(22(20)13-24)19-6-4-3-5-7-19)27-23(32)18-10-8-17(9-11-18)15-30-16-25-28-29-30/h3-11,14,16,21H,12-13,15H2,1-2H3,(H,27,32)/t21-/m0/s1. The zero-order chi connectivity index (χ0) is 22.1. The molecule has 2 aromatic heterocycles. The Morgan fingerprint density at radius 1 is 1.12 bits per heavy atom. The van der Waals surface area contributed by atoms with E-state index in [-0.39, 0.29) is 17.4 Å². The van der Waals surface area contributed by atoms with Crippen LogP contribution in [-0.4, -0.2) is 35.9 Å². The summed E-state index contributed by atoms with van der Waals surface area (Å²) in [4.78, 5) is 13.1. The second-order valence-electron chi connectivity index (χ2n) is 9.07. The highest BCUT2D eigenvalue weighted by Gasteiger charge is 2.36. The van der Waals surface area contributed by atoms with Gasteiger partial charge in [0.15, 0.2) is 0 Å². The molecule has 5 rings (SSSR count). The summed E-state index contributed by atoms with van der Waals surface area (Å²) in [6.07, 6.45) is 5.25. The highest BCUT2D eigenvalue weighted by atomic mass is 16.1. The van der Waals surface area contributed by atoms with Gasteiger partial charge in [-0.25, -0.2) is 9.36 Å². The minimum absolute atomic E-state index is 0.0488. The summed E-state index contributed by atoms with van der Waals surface area (Å²) >= 11 is 0. The second-order valence-corrected chi connectivity index (χ2v) is 9.07. The highest BCUT2D eigenvalue weighted by molar-refractivity contribution is 5.94. The molecule has 8 heteroatoms. The van der Waals surface area contributed by atoms with Crippen molar-refractivity contribution < 1.29 is 4.79 Å². The van der Waals surface area contributed by atoms with Gasteiger partial charge >= 0.3 is 0 Å². The van der Waals surface area contributed by atoms with Crippen molar-refractivity contribution in [1.29, 1.82) is 0 Å². The highest BCUT2D eigenvalue weighted by Crippen LogP contribution is 2.41. The summed E-state index contributed by atoms with van der Waals surface area (Å²) in [5.41, 5.74) is 5.00. The minimum atomic E-state index is -0.0837. The monoisotopic (exact) mass is 427 g/mol. The molecule has 0 unspecified atom stereocenters. The Morgan fingerprint density at radius 2 is 1.91 bits per heavy atom. The van der Waals surface area contributed by atoms with E-state index in [1.807, 2.05) is 53.3 Å². The van der Waals surface area contributed by atoms with E-state index in [9.17, 15) is 4.79 Å². The number of amides is 1. The van der Waals surface area contributed by atoms with Gasteiger partial charge in [0.05, 0.1) is 30.2 Å². The van der Waals surface area contributed by atoms with Crippen molar-refractivity contribution in [2.75, 3.05) is 0 Å². The fourth-order valence-corrected chi connectivity index (χ4v) is 4.41. The summed E-state index contributed by atoms with van der Waals surface area (Å²) in [5, 5.41) is 19.1. The summed E-state index contributed by atoms with van der Waals surface area (Å²) < 4.78 is 3.65. The van der Waals surface area contributed by atoms with E-state index in [1.54, 1.807) is 11.0 Å². The molecule has 1 amide bonds. The zero-order valence-corrected chi connectivity index (χ0v) is 18.1. The molecule has 0 bridgehead atoms. The van der Waals surface area contributed by atoms with Crippen LogP contribution in [0.5, 0.6) is 0 Å². The van der Waals surface area contributed by atoms with Crippen molar-refractivity contribution >= 4 is 5.91 Å². The molecule has 0 saturated heterocycles. The Labute approximate surface area is 186 Å². The van der Waals surface area contributed by atoms with Gasteiger partial charge in [0.1, 0.15) is 6.33 Å². The lowest BCUT2D eigenvalue weighted by molar-refractivity contribution is 0.0919. The summed E-state index contributed by atoms with van der Waals surface area (Å²) in [6.45, 7) is 5.05. The number of para-hydroxylation sites is 1. The molecule has 1 aliphatic carbocycles. The van der Waals surface area contributed by atoms with Crippen LogP contribution < -0.4 is 5.32 Å². The number of hydrogen-bond donors (Lipinski definition) is 1. The van der Waals surface area contributed by atoms with E-state index < -0.39 is 0 Å². The first-order valence-electron chi connectivity index (χ1n) is 10.7. The summed E-state index contributed by atoms with van der Waals surface area (Å²) in [6, 6.07) is 17.6. The molecule has 32 heavy (non-hydrogen) atoms. The molecule has 0 saturated carbocycles. The summed E-state index contributed by atoms with van der Waals surface area (Å²) in [5.74, 6) is -0.0833. The van der Waals surface area contributed by atoms with Gasteiger partial charge in [-0.1, -0.05) is 44.2 Å². The molecule has 1 N–H and O–H groups in total. The van der Waals surface area contributed by atoms with Crippen LogP contribution in [0.2, 0.25) is 0 Å². The number of fused-ring (bicyclic) bond motifs is 1. The smallest absolute Gasteiger partial charge is 0.251 e. The van der Waals surface area contributed by atoms with Crippen LogP contribution in [0.4, 0.5) is 0 Å². The number of aromatic nitrogens is 6. The number of tetrazole rings is 1. The first-order chi connectivity index (χ1) is 15.5. The fourth-order valence-electron chi connectivity index (χ4n) is 4.41. The average Bonchev–Trinajstić information content (AvgIpc) is 3.44. The van der Waals surface area contributed by atoms with Crippen molar-refractivity contribution in [2.45, 2.75) is 39.3 Å². The number of rotatable bonds is 5. The molecule has 0 radical (unpaired) electrons. The van der Waals surface area contributed by atoms with Crippen LogP contribution >= 0.6 is 0 Å². The maximum Gasteiger partial charge on any atom is 0.251 e. The van der Waals surface area contributed by atoms with Gasteiger partial charge in [-0.15, -0.1) is 5.10 Å². The molecule has 8 nitrogen and oxygen atoms in total. The van der Waals surface area contributed by atoms with Crippen molar-refractivity contribution in [3.8, 4) is 5.69 Å². The zero-order valence-electron chi connectivity index (χ0n) is 18.1. The molecule has 0 spiro atoms. The third kappa shape index (κ3) is 4.03. The molecule has 4 aromatic rings. The van der Waals surface area contributed by atoms with Crippen molar-refractivity contribution in [1.82, 2.24) is 35.3 Å². The van der Waals surface area contributed by atoms with E-state index in [0.29, 0.717) is 12.1 Å². The average molecular weight is 428 g/mol.